The van der Waals surface area contributed by atoms with Crippen LogP contribution in [0.1, 0.15) is 18.1 Å². The summed E-state index contributed by atoms with van der Waals surface area (Å²) in [5.41, 5.74) is 2.48. The Morgan fingerprint density at radius 3 is 2.50 bits per heavy atom. The third kappa shape index (κ3) is 8.37. The second kappa shape index (κ2) is 13.6. The maximum Gasteiger partial charge on any atom is 0.337 e. The van der Waals surface area contributed by atoms with Gasteiger partial charge in [-0.2, -0.15) is 15.0 Å². The fraction of sp³-hybridized carbons (Fsp3) is 0.261. The van der Waals surface area contributed by atoms with E-state index in [1.54, 1.807) is 30.3 Å². The fourth-order valence-electron chi connectivity index (χ4n) is 3.19. The predicted octanol–water partition coefficient (Wildman–Crippen LogP) is 2.88. The molecule has 0 aliphatic carbocycles. The second-order valence-corrected chi connectivity index (χ2v) is 8.24. The maximum absolute atomic E-state index is 10.9. The number of ether oxygens (including phenoxy) is 1. The van der Waals surface area contributed by atoms with E-state index in [2.05, 4.69) is 50.5 Å². The molecule has 1 heterocycles. The van der Waals surface area contributed by atoms with Crippen LogP contribution in [-0.2, 0) is 9.53 Å². The van der Waals surface area contributed by atoms with E-state index in [-0.39, 0.29) is 16.9 Å². The number of carboxylic acid groups (broad SMARTS) is 1. The van der Waals surface area contributed by atoms with Crippen LogP contribution in [0, 0.1) is 0 Å². The van der Waals surface area contributed by atoms with Crippen LogP contribution < -0.4 is 10.2 Å². The van der Waals surface area contributed by atoms with Gasteiger partial charge in [0.1, 0.15) is 0 Å². The highest BCUT2D eigenvalue weighted by atomic mass is 32.1. The lowest BCUT2D eigenvalue weighted by molar-refractivity contribution is -0.146. The third-order valence-corrected chi connectivity index (χ3v) is 5.26. The molecule has 0 bridgehead atoms. The number of aliphatic hydroxyl groups excluding tert-OH is 2. The first-order valence-corrected chi connectivity index (χ1v) is 11.8. The zero-order valence-electron chi connectivity index (χ0n) is 19.1. The number of aromatic nitrogens is 3. The molecule has 0 saturated carbocycles. The summed E-state index contributed by atoms with van der Waals surface area (Å²) in [6.07, 6.45) is 0.461. The van der Waals surface area contributed by atoms with Crippen LogP contribution in [0.4, 0.5) is 23.0 Å². The van der Waals surface area contributed by atoms with E-state index < -0.39 is 12.1 Å². The van der Waals surface area contributed by atoms with Crippen LogP contribution >= 0.6 is 25.3 Å². The van der Waals surface area contributed by atoms with Crippen molar-refractivity contribution in [2.24, 2.45) is 4.99 Å². The zero-order chi connectivity index (χ0) is 25.9. The molecule has 1 unspecified atom stereocenters. The lowest BCUT2D eigenvalue weighted by Gasteiger charge is -2.24. The van der Waals surface area contributed by atoms with Crippen LogP contribution in [-0.4, -0.2) is 68.9 Å². The summed E-state index contributed by atoms with van der Waals surface area (Å²) in [7, 11) is 0. The number of carbonyl (C=O) groups is 1. The molecular weight excluding hydrogens is 504 g/mol. The minimum absolute atomic E-state index is 0.0403. The molecule has 1 aromatic heterocycles. The van der Waals surface area contributed by atoms with Crippen molar-refractivity contribution in [1.82, 2.24) is 15.0 Å². The highest BCUT2D eigenvalue weighted by Gasteiger charge is 2.16. The molecule has 0 amide bonds. The van der Waals surface area contributed by atoms with Gasteiger partial charge in [0.15, 0.2) is 22.8 Å². The summed E-state index contributed by atoms with van der Waals surface area (Å²) in [6, 6.07) is 13.8. The lowest BCUT2D eigenvalue weighted by Crippen LogP contribution is -2.28. The molecule has 0 fully saturated rings. The molecule has 2 aromatic carbocycles. The Hall–Kier alpha value is -3.39. The normalized spacial score (nSPS) is 11.9. The number of carboxylic acids is 1. The van der Waals surface area contributed by atoms with Gasteiger partial charge in [0, 0.05) is 24.5 Å². The van der Waals surface area contributed by atoms with Crippen molar-refractivity contribution >= 4 is 60.6 Å². The van der Waals surface area contributed by atoms with Crippen molar-refractivity contribution in [3.63, 3.8) is 0 Å². The maximum atomic E-state index is 10.9. The Morgan fingerprint density at radius 2 is 1.83 bits per heavy atom. The van der Waals surface area contributed by atoms with E-state index in [1.807, 2.05) is 23.1 Å². The number of nitrogens with one attached hydrogen (secondary N) is 1. The third-order valence-electron chi connectivity index (χ3n) is 4.86. The Labute approximate surface area is 218 Å². The largest absolute Gasteiger partial charge is 0.483 e. The molecule has 0 spiro atoms. The number of thiol groups is 2. The first-order valence-electron chi connectivity index (χ1n) is 10.9. The summed E-state index contributed by atoms with van der Waals surface area (Å²) < 4.78 is 5.52. The summed E-state index contributed by atoms with van der Waals surface area (Å²) in [6.45, 7) is 1.36. The highest BCUT2D eigenvalue weighted by molar-refractivity contribution is 7.80. The Bertz CT molecular complexity index is 1160. The summed E-state index contributed by atoms with van der Waals surface area (Å²) in [4.78, 5) is 29.2. The Balaban J connectivity index is 1.48. The van der Waals surface area contributed by atoms with E-state index in [9.17, 15) is 15.0 Å². The predicted molar refractivity (Wildman–Crippen MR) is 141 cm³/mol. The summed E-state index contributed by atoms with van der Waals surface area (Å²) in [5, 5.41) is 31.5. The van der Waals surface area contributed by atoms with Crippen molar-refractivity contribution < 1.29 is 24.9 Å². The smallest absolute Gasteiger partial charge is 0.337 e. The first kappa shape index (κ1) is 27.2. The van der Waals surface area contributed by atoms with Crippen LogP contribution in [0.5, 0.6) is 0 Å². The van der Waals surface area contributed by atoms with Gasteiger partial charge in [-0.3, -0.25) is 0 Å². The van der Waals surface area contributed by atoms with Crippen molar-refractivity contribution in [3.05, 3.63) is 54.1 Å². The second-order valence-electron chi connectivity index (χ2n) is 7.44. The number of rotatable bonds is 13. The van der Waals surface area contributed by atoms with Gasteiger partial charge in [-0.05, 0) is 42.3 Å². The number of anilines is 3. The minimum atomic E-state index is -1.57. The van der Waals surface area contributed by atoms with Crippen LogP contribution in [0.3, 0.4) is 0 Å². The molecule has 190 valence electrons. The van der Waals surface area contributed by atoms with Gasteiger partial charge in [0.05, 0.1) is 18.9 Å². The van der Waals surface area contributed by atoms with Crippen molar-refractivity contribution in [3.8, 4) is 0 Å². The van der Waals surface area contributed by atoms with Gasteiger partial charge < -0.3 is 30.3 Å². The van der Waals surface area contributed by atoms with Crippen LogP contribution in [0.2, 0.25) is 0 Å². The number of nitrogens with zero attached hydrogens (tertiary/aromatic N) is 5. The Morgan fingerprint density at radius 1 is 1.11 bits per heavy atom. The molecule has 13 heteroatoms. The molecule has 36 heavy (non-hydrogen) atoms. The number of hydrogen-bond acceptors (Lipinski definition) is 12. The molecule has 11 nitrogen and oxygen atoms in total. The van der Waals surface area contributed by atoms with Crippen LogP contribution in [0.15, 0.2) is 63.8 Å². The van der Waals surface area contributed by atoms with Gasteiger partial charge in [-0.15, -0.1) is 25.3 Å². The molecule has 1 atom stereocenters. The quantitative estimate of drug-likeness (QED) is 0.0841. The van der Waals surface area contributed by atoms with Gasteiger partial charge >= 0.3 is 5.97 Å². The summed E-state index contributed by atoms with van der Waals surface area (Å²) in [5.74, 6) is -0.990. The SMILES string of the molecule is O=C(O)C(O)c1ccc(N(CCO)CCCO/C=N\c2cccc(Nc3nc(S)nc(S)n3)c2)cc1. The molecule has 3 rings (SSSR count). The molecule has 0 radical (unpaired) electrons. The highest BCUT2D eigenvalue weighted by Crippen LogP contribution is 2.21. The molecular formula is C23H26N6O5S2. The summed E-state index contributed by atoms with van der Waals surface area (Å²) >= 11 is 8.22. The lowest BCUT2D eigenvalue weighted by atomic mass is 10.1. The Kier molecular flexibility index (Phi) is 10.3. The van der Waals surface area contributed by atoms with Crippen molar-refractivity contribution in [2.75, 3.05) is 36.5 Å². The molecule has 0 aliphatic heterocycles. The zero-order valence-corrected chi connectivity index (χ0v) is 20.9. The molecule has 0 saturated heterocycles. The van der Waals surface area contributed by atoms with E-state index >= 15 is 0 Å². The van der Waals surface area contributed by atoms with E-state index in [4.69, 9.17) is 9.84 Å². The molecule has 4 N–H and O–H groups in total. The molecule has 0 aliphatic rings. The van der Waals surface area contributed by atoms with Gasteiger partial charge in [0.2, 0.25) is 5.95 Å². The number of hydrogen-bond donors (Lipinski definition) is 6. The molecule has 3 aromatic rings. The number of aliphatic carboxylic acids is 1. The number of aliphatic imine (C=N–C) groups is 1. The topological polar surface area (TPSA) is 153 Å². The fourth-order valence-corrected chi connectivity index (χ4v) is 3.65. The van der Waals surface area contributed by atoms with Crippen LogP contribution in [0.25, 0.3) is 0 Å². The average molecular weight is 531 g/mol. The monoisotopic (exact) mass is 530 g/mol. The van der Waals surface area contributed by atoms with Gasteiger partial charge in [-0.25, -0.2) is 9.79 Å². The van der Waals surface area contributed by atoms with Crippen molar-refractivity contribution in [2.45, 2.75) is 22.8 Å². The van der Waals surface area contributed by atoms with E-state index in [0.717, 1.165) is 11.4 Å². The first-order chi connectivity index (χ1) is 17.4. The van der Waals surface area contributed by atoms with Gasteiger partial charge in [-0.1, -0.05) is 18.2 Å². The standard InChI is InChI=1S/C23H26N6O5S2/c30-11-10-29(18-7-5-15(6-8-18)19(31)20(32)33)9-2-12-34-14-24-16-3-1-4-17(13-16)25-21-26-22(35)28-23(36)27-21/h1,3-8,13-14,19,30-31H,2,9-12H2,(H,32,33)(H3,25,26,27,28,35,36)/b24-14-. The van der Waals surface area contributed by atoms with E-state index in [0.29, 0.717) is 43.3 Å². The average Bonchev–Trinajstić information content (AvgIpc) is 2.84. The number of benzene rings is 2. The number of aliphatic hydroxyl groups is 2. The van der Waals surface area contributed by atoms with Gasteiger partial charge in [0.25, 0.3) is 0 Å². The minimum Gasteiger partial charge on any atom is -0.483 e. The van der Waals surface area contributed by atoms with E-state index in [1.165, 1.54) is 6.40 Å². The van der Waals surface area contributed by atoms with Crippen molar-refractivity contribution in [1.29, 1.82) is 0 Å².